The summed E-state index contributed by atoms with van der Waals surface area (Å²) >= 11 is 0. The van der Waals surface area contributed by atoms with E-state index < -0.39 is 0 Å². The number of nitrogens with zero attached hydrogens (tertiary/aromatic N) is 1. The Bertz CT molecular complexity index is 547. The zero-order valence-corrected chi connectivity index (χ0v) is 15.3. The van der Waals surface area contributed by atoms with Crippen molar-refractivity contribution in [2.45, 2.75) is 39.7 Å². The molecule has 0 spiro atoms. The predicted molar refractivity (Wildman–Crippen MR) is 95.6 cm³/mol. The summed E-state index contributed by atoms with van der Waals surface area (Å²) in [5.41, 5.74) is 1.03. The number of benzene rings is 1. The molecule has 0 aliphatic carbocycles. The molecule has 0 bridgehead atoms. The minimum absolute atomic E-state index is 0.0559. The Kier molecular flexibility index (Phi) is 6.91. The summed E-state index contributed by atoms with van der Waals surface area (Å²) in [6.07, 6.45) is 2.05. The lowest BCUT2D eigenvalue weighted by Crippen LogP contribution is -2.42. The summed E-state index contributed by atoms with van der Waals surface area (Å²) in [7, 11) is 2.07. The largest absolute Gasteiger partial charge is 0.490 e. The van der Waals surface area contributed by atoms with Crippen molar-refractivity contribution in [2.24, 2.45) is 5.92 Å². The number of carbonyl (C=O) groups is 1. The molecule has 1 N–H and O–H groups in total. The molecule has 1 saturated heterocycles. The van der Waals surface area contributed by atoms with Gasteiger partial charge in [-0.15, -0.1) is 0 Å². The summed E-state index contributed by atoms with van der Waals surface area (Å²) < 4.78 is 11.3. The Balaban J connectivity index is 2.04. The number of likely N-dealkylation sites (tertiary alicyclic amines) is 1. The third-order valence-electron chi connectivity index (χ3n) is 4.42. The van der Waals surface area contributed by atoms with Crippen molar-refractivity contribution in [1.82, 2.24) is 10.2 Å². The van der Waals surface area contributed by atoms with Crippen LogP contribution in [0.25, 0.3) is 0 Å². The average Bonchev–Trinajstić information content (AvgIpc) is 2.56. The highest BCUT2D eigenvalue weighted by Gasteiger charge is 2.25. The lowest BCUT2D eigenvalue weighted by atomic mass is 9.97. The van der Waals surface area contributed by atoms with Crippen molar-refractivity contribution in [3.05, 3.63) is 23.8 Å². The standard InChI is InChI=1S/C19H30N2O3/c1-5-23-17-10-9-15(12-18(17)24-6-2)14(3)20-19(22)16-8-7-11-21(4)13-16/h9-10,12,14,16H,5-8,11,13H2,1-4H3,(H,20,22)/t14-,16+/m1/s1. The van der Waals surface area contributed by atoms with E-state index in [-0.39, 0.29) is 17.9 Å². The third kappa shape index (κ3) is 4.87. The number of nitrogens with one attached hydrogen (secondary N) is 1. The van der Waals surface area contributed by atoms with Crippen LogP contribution >= 0.6 is 0 Å². The Hall–Kier alpha value is -1.75. The minimum atomic E-state index is -0.0559. The fraction of sp³-hybridized carbons (Fsp3) is 0.632. The van der Waals surface area contributed by atoms with Crippen LogP contribution in [-0.4, -0.2) is 44.2 Å². The monoisotopic (exact) mass is 334 g/mol. The molecule has 0 aromatic heterocycles. The summed E-state index contributed by atoms with van der Waals surface area (Å²) in [6.45, 7) is 9.01. The van der Waals surface area contributed by atoms with Crippen LogP contribution in [0.4, 0.5) is 0 Å². The van der Waals surface area contributed by atoms with Crippen LogP contribution in [0.2, 0.25) is 0 Å². The smallest absolute Gasteiger partial charge is 0.224 e. The maximum atomic E-state index is 12.5. The highest BCUT2D eigenvalue weighted by molar-refractivity contribution is 5.79. The van der Waals surface area contributed by atoms with E-state index in [2.05, 4.69) is 17.3 Å². The molecule has 1 aromatic carbocycles. The van der Waals surface area contributed by atoms with Gasteiger partial charge in [-0.3, -0.25) is 4.79 Å². The minimum Gasteiger partial charge on any atom is -0.490 e. The summed E-state index contributed by atoms with van der Waals surface area (Å²) in [5, 5.41) is 3.15. The number of rotatable bonds is 7. The van der Waals surface area contributed by atoms with Gasteiger partial charge < -0.3 is 19.7 Å². The molecule has 1 amide bonds. The average molecular weight is 334 g/mol. The van der Waals surface area contributed by atoms with E-state index in [1.807, 2.05) is 39.0 Å². The van der Waals surface area contributed by atoms with Crippen molar-refractivity contribution in [1.29, 1.82) is 0 Å². The Morgan fingerprint density at radius 3 is 2.67 bits per heavy atom. The normalized spacial score (nSPS) is 19.6. The number of amides is 1. The topological polar surface area (TPSA) is 50.8 Å². The number of carbonyl (C=O) groups excluding carboxylic acids is 1. The second-order valence-electron chi connectivity index (χ2n) is 6.40. The van der Waals surface area contributed by atoms with E-state index in [4.69, 9.17) is 9.47 Å². The van der Waals surface area contributed by atoms with Crippen LogP contribution in [0.1, 0.15) is 45.2 Å². The molecule has 0 unspecified atom stereocenters. The fourth-order valence-corrected chi connectivity index (χ4v) is 3.13. The van der Waals surface area contributed by atoms with Gasteiger partial charge in [-0.2, -0.15) is 0 Å². The van der Waals surface area contributed by atoms with Gasteiger partial charge in [0.05, 0.1) is 25.2 Å². The second-order valence-corrected chi connectivity index (χ2v) is 6.40. The van der Waals surface area contributed by atoms with Crippen molar-refractivity contribution in [3.63, 3.8) is 0 Å². The van der Waals surface area contributed by atoms with Gasteiger partial charge in [0.1, 0.15) is 0 Å². The molecule has 24 heavy (non-hydrogen) atoms. The fourth-order valence-electron chi connectivity index (χ4n) is 3.13. The van der Waals surface area contributed by atoms with E-state index >= 15 is 0 Å². The van der Waals surface area contributed by atoms with Crippen LogP contribution in [-0.2, 0) is 4.79 Å². The SMILES string of the molecule is CCOc1ccc([C@@H](C)NC(=O)[C@H]2CCCN(C)C2)cc1OCC. The molecule has 5 nitrogen and oxygen atoms in total. The maximum absolute atomic E-state index is 12.5. The van der Waals surface area contributed by atoms with Crippen molar-refractivity contribution >= 4 is 5.91 Å². The maximum Gasteiger partial charge on any atom is 0.224 e. The van der Waals surface area contributed by atoms with Crippen LogP contribution in [0.5, 0.6) is 11.5 Å². The number of piperidine rings is 1. The molecule has 1 aliphatic rings. The second kappa shape index (κ2) is 8.92. The summed E-state index contributed by atoms with van der Waals surface area (Å²) in [5.74, 6) is 1.70. The van der Waals surface area contributed by atoms with Gasteiger partial charge in [0.2, 0.25) is 5.91 Å². The van der Waals surface area contributed by atoms with E-state index in [0.29, 0.717) is 13.2 Å². The molecule has 1 fully saturated rings. The molecular weight excluding hydrogens is 304 g/mol. The van der Waals surface area contributed by atoms with Crippen LogP contribution in [0.3, 0.4) is 0 Å². The quantitative estimate of drug-likeness (QED) is 0.833. The Morgan fingerprint density at radius 2 is 2.00 bits per heavy atom. The van der Waals surface area contributed by atoms with Gasteiger partial charge in [-0.1, -0.05) is 6.07 Å². The molecule has 0 radical (unpaired) electrons. The first-order valence-electron chi connectivity index (χ1n) is 8.93. The molecule has 2 atom stereocenters. The van der Waals surface area contributed by atoms with Gasteiger partial charge in [0, 0.05) is 6.54 Å². The predicted octanol–water partition coefficient (Wildman–Crippen LogP) is 3.00. The molecule has 0 saturated carbocycles. The first-order chi connectivity index (χ1) is 11.5. The van der Waals surface area contributed by atoms with Crippen LogP contribution in [0.15, 0.2) is 18.2 Å². The Labute approximate surface area is 145 Å². The lowest BCUT2D eigenvalue weighted by Gasteiger charge is -2.29. The third-order valence-corrected chi connectivity index (χ3v) is 4.42. The lowest BCUT2D eigenvalue weighted by molar-refractivity contribution is -0.127. The van der Waals surface area contributed by atoms with Crippen LogP contribution < -0.4 is 14.8 Å². The van der Waals surface area contributed by atoms with Gasteiger partial charge in [-0.25, -0.2) is 0 Å². The molecule has 1 aromatic rings. The highest BCUT2D eigenvalue weighted by Crippen LogP contribution is 2.31. The van der Waals surface area contributed by atoms with Gasteiger partial charge in [-0.05, 0) is 64.9 Å². The van der Waals surface area contributed by atoms with Crippen molar-refractivity contribution < 1.29 is 14.3 Å². The number of hydrogen-bond donors (Lipinski definition) is 1. The van der Waals surface area contributed by atoms with Crippen molar-refractivity contribution in [3.8, 4) is 11.5 Å². The molecule has 2 rings (SSSR count). The van der Waals surface area contributed by atoms with E-state index in [0.717, 1.165) is 43.0 Å². The first-order valence-corrected chi connectivity index (χ1v) is 8.93. The number of hydrogen-bond acceptors (Lipinski definition) is 4. The van der Waals surface area contributed by atoms with E-state index in [9.17, 15) is 4.79 Å². The van der Waals surface area contributed by atoms with Gasteiger partial charge in [0.25, 0.3) is 0 Å². The van der Waals surface area contributed by atoms with Crippen molar-refractivity contribution in [2.75, 3.05) is 33.4 Å². The number of ether oxygens (including phenoxy) is 2. The zero-order chi connectivity index (χ0) is 17.5. The van der Waals surface area contributed by atoms with E-state index in [1.165, 1.54) is 0 Å². The molecule has 134 valence electrons. The summed E-state index contributed by atoms with van der Waals surface area (Å²) in [6, 6.07) is 5.82. The zero-order valence-electron chi connectivity index (χ0n) is 15.3. The molecule has 1 heterocycles. The highest BCUT2D eigenvalue weighted by atomic mass is 16.5. The first kappa shape index (κ1) is 18.6. The van der Waals surface area contributed by atoms with Crippen LogP contribution in [0, 0.1) is 5.92 Å². The van der Waals surface area contributed by atoms with Gasteiger partial charge in [0.15, 0.2) is 11.5 Å². The van der Waals surface area contributed by atoms with Gasteiger partial charge >= 0.3 is 0 Å². The molecular formula is C19H30N2O3. The summed E-state index contributed by atoms with van der Waals surface area (Å²) in [4.78, 5) is 14.7. The molecule has 5 heteroatoms. The molecule has 1 aliphatic heterocycles. The Morgan fingerprint density at radius 1 is 1.29 bits per heavy atom. The van der Waals surface area contributed by atoms with E-state index in [1.54, 1.807) is 0 Å².